The summed E-state index contributed by atoms with van der Waals surface area (Å²) in [5.74, 6) is 0. The summed E-state index contributed by atoms with van der Waals surface area (Å²) in [5, 5.41) is 24.1. The van der Waals surface area contributed by atoms with Gasteiger partial charge in [0, 0.05) is 103 Å². The molecule has 0 spiro atoms. The van der Waals surface area contributed by atoms with Crippen molar-refractivity contribution in [3.8, 4) is 0 Å². The third kappa shape index (κ3) is 12.4. The number of sulfonamides is 4. The summed E-state index contributed by atoms with van der Waals surface area (Å²) in [6, 6.07) is 26.6. The zero-order valence-corrected chi connectivity index (χ0v) is 45.6. The molecule has 18 nitrogen and oxygen atoms in total. The minimum Gasteiger partial charge on any atom is -0.386 e. The van der Waals surface area contributed by atoms with E-state index in [1.54, 1.807) is 74.9 Å². The van der Waals surface area contributed by atoms with Crippen LogP contribution in [0.4, 0.5) is 11.4 Å². The Morgan fingerprint density at radius 1 is 0.542 bits per heavy atom. The number of piperazine rings is 2. The normalized spacial score (nSPS) is 18.0. The van der Waals surface area contributed by atoms with Crippen molar-refractivity contribution < 1.29 is 43.9 Å². The number of likely N-dealkylation sites (N-methyl/N-ethyl adjacent to an activating group) is 2. The number of rotatable bonds is 16. The number of hydrogen-bond acceptors (Lipinski definition) is 16. The fourth-order valence-corrected chi connectivity index (χ4v) is 16.0. The van der Waals surface area contributed by atoms with Crippen LogP contribution in [0.2, 0.25) is 0 Å². The van der Waals surface area contributed by atoms with Crippen LogP contribution in [-0.4, -0.2) is 150 Å². The van der Waals surface area contributed by atoms with Crippen molar-refractivity contribution in [3.05, 3.63) is 144 Å². The molecule has 2 N–H and O–H groups in total. The molecule has 8 rings (SSSR count). The molecule has 24 heteroatoms. The van der Waals surface area contributed by atoms with E-state index in [9.17, 15) is 43.9 Å². The molecular formula is C48H60N8O10S6. The molecule has 4 aromatic heterocycles. The molecule has 6 heterocycles. The van der Waals surface area contributed by atoms with E-state index < -0.39 is 63.4 Å². The summed E-state index contributed by atoms with van der Waals surface area (Å²) < 4.78 is 112. The van der Waals surface area contributed by atoms with Gasteiger partial charge in [0.2, 0.25) is 20.0 Å². The van der Waals surface area contributed by atoms with Crippen molar-refractivity contribution in [1.29, 1.82) is 0 Å². The molecule has 2 atom stereocenters. The van der Waals surface area contributed by atoms with E-state index in [-0.39, 0.29) is 57.5 Å². The predicted molar refractivity (Wildman–Crippen MR) is 280 cm³/mol. The lowest BCUT2D eigenvalue weighted by Crippen LogP contribution is -2.58. The second-order valence-corrected chi connectivity index (χ2v) is 28.8. The lowest BCUT2D eigenvalue weighted by atomic mass is 9.98. The smallest absolute Gasteiger partial charge is 0.252 e. The van der Waals surface area contributed by atoms with E-state index in [4.69, 9.17) is 0 Å². The minimum absolute atomic E-state index is 0.0704. The highest BCUT2D eigenvalue weighted by Gasteiger charge is 2.39. The van der Waals surface area contributed by atoms with Gasteiger partial charge < -0.3 is 20.0 Å². The average molecular weight is 1100 g/mol. The molecule has 2 saturated heterocycles. The van der Waals surface area contributed by atoms with Gasteiger partial charge in [-0.15, -0.1) is 22.7 Å². The van der Waals surface area contributed by atoms with Crippen LogP contribution in [0.15, 0.2) is 151 Å². The molecule has 0 aliphatic carbocycles. The second-order valence-electron chi connectivity index (χ2n) is 18.4. The summed E-state index contributed by atoms with van der Waals surface area (Å²) in [5.41, 5.74) is 1.16. The quantitative estimate of drug-likeness (QED) is 0.128. The van der Waals surface area contributed by atoms with Crippen LogP contribution in [0.5, 0.6) is 0 Å². The number of nitrogens with zero attached hydrogens (tertiary/aromatic N) is 8. The summed E-state index contributed by atoms with van der Waals surface area (Å²) in [6.07, 6.45) is 5.61. The third-order valence-corrected chi connectivity index (χ3v) is 22.6. The van der Waals surface area contributed by atoms with Gasteiger partial charge in [-0.25, -0.2) is 33.7 Å². The monoisotopic (exact) mass is 1100 g/mol. The Balaban J connectivity index is 0.000000211. The van der Waals surface area contributed by atoms with Gasteiger partial charge in [0.15, 0.2) is 0 Å². The number of anilines is 2. The van der Waals surface area contributed by atoms with Gasteiger partial charge in [0.1, 0.15) is 18.2 Å². The predicted octanol–water partition coefficient (Wildman–Crippen LogP) is 5.14. The van der Waals surface area contributed by atoms with Crippen molar-refractivity contribution in [2.75, 3.05) is 76.3 Å². The molecule has 6 aromatic rings. The van der Waals surface area contributed by atoms with Crippen molar-refractivity contribution in [2.45, 2.75) is 69.2 Å². The first kappa shape index (κ1) is 55.1. The van der Waals surface area contributed by atoms with Crippen molar-refractivity contribution in [3.63, 3.8) is 0 Å². The van der Waals surface area contributed by atoms with Crippen LogP contribution < -0.4 is 9.80 Å². The molecule has 2 aliphatic heterocycles. The lowest BCUT2D eigenvalue weighted by molar-refractivity contribution is 0.0780. The molecule has 0 radical (unpaired) electrons. The Labute approximate surface area is 431 Å². The first-order valence-electron chi connectivity index (χ1n) is 22.8. The molecule has 0 amide bonds. The Bertz CT molecular complexity index is 2960. The molecule has 72 heavy (non-hydrogen) atoms. The van der Waals surface area contributed by atoms with Crippen LogP contribution in [0.1, 0.15) is 38.8 Å². The van der Waals surface area contributed by atoms with Gasteiger partial charge >= 0.3 is 0 Å². The molecule has 2 fully saturated rings. The largest absolute Gasteiger partial charge is 0.386 e. The molecule has 2 aromatic carbocycles. The summed E-state index contributed by atoms with van der Waals surface area (Å²) in [6.45, 7) is 8.52. The maximum Gasteiger partial charge on any atom is 0.252 e. The highest BCUT2D eigenvalue weighted by Crippen LogP contribution is 2.32. The zero-order valence-electron chi connectivity index (χ0n) is 40.7. The summed E-state index contributed by atoms with van der Waals surface area (Å²) >= 11 is 2.32. The van der Waals surface area contributed by atoms with Gasteiger partial charge in [-0.3, -0.25) is 9.97 Å². The third-order valence-electron chi connectivity index (χ3n) is 12.5. The second kappa shape index (κ2) is 22.0. The number of pyridine rings is 2. The van der Waals surface area contributed by atoms with Crippen LogP contribution in [-0.2, 0) is 51.3 Å². The van der Waals surface area contributed by atoms with Gasteiger partial charge in [-0.05, 0) is 110 Å². The van der Waals surface area contributed by atoms with Gasteiger partial charge in [-0.1, -0.05) is 36.4 Å². The van der Waals surface area contributed by atoms with Crippen molar-refractivity contribution in [2.24, 2.45) is 0 Å². The van der Waals surface area contributed by atoms with E-state index in [1.807, 2.05) is 58.3 Å². The van der Waals surface area contributed by atoms with Crippen molar-refractivity contribution in [1.82, 2.24) is 27.2 Å². The Kier molecular flexibility index (Phi) is 16.8. The van der Waals surface area contributed by atoms with E-state index in [1.165, 1.54) is 68.2 Å². The molecule has 388 valence electrons. The molecule has 0 saturated carbocycles. The maximum atomic E-state index is 13.2. The molecular weight excluding hydrogens is 1040 g/mol. The van der Waals surface area contributed by atoms with Crippen LogP contribution >= 0.6 is 22.7 Å². The van der Waals surface area contributed by atoms with Gasteiger partial charge in [0.05, 0.1) is 23.3 Å². The molecule has 0 unspecified atom stereocenters. The van der Waals surface area contributed by atoms with Crippen LogP contribution in [0, 0.1) is 0 Å². The zero-order chi connectivity index (χ0) is 52.3. The van der Waals surface area contributed by atoms with Crippen LogP contribution in [0.25, 0.3) is 0 Å². The number of thiophene rings is 2. The van der Waals surface area contributed by atoms with E-state index in [2.05, 4.69) is 9.97 Å². The first-order chi connectivity index (χ1) is 33.8. The molecule has 0 bridgehead atoms. The summed E-state index contributed by atoms with van der Waals surface area (Å²) in [7, 11) is -12.0. The Hall–Kier alpha value is -4.70. The highest BCUT2D eigenvalue weighted by molar-refractivity contribution is 7.91. The number of hydrogen-bond donors (Lipinski definition) is 2. The Morgan fingerprint density at radius 3 is 1.19 bits per heavy atom. The standard InChI is InChI=1S/2C24H30N4O5S3/c2*1-24(2,29)19-8-10-20(11-9-19)28-14-13-27(36(32,33)23-7-5-15-34-23)18-21(28)17-26(3)35(30,31)22-6-4-12-25-16-22/h2*4-12,15-16,21,29H,13-14,17-18H2,1-3H3/t2*21-/m00/s1. The number of benzene rings is 2. The fourth-order valence-electron chi connectivity index (χ4n) is 8.43. The lowest BCUT2D eigenvalue weighted by Gasteiger charge is -2.43. The summed E-state index contributed by atoms with van der Waals surface area (Å²) in [4.78, 5) is 12.1. The number of aliphatic hydroxyl groups is 2. The first-order valence-corrected chi connectivity index (χ1v) is 30.3. The molecule has 2 aliphatic rings. The van der Waals surface area contributed by atoms with Crippen molar-refractivity contribution >= 4 is 74.1 Å². The fraction of sp³-hybridized carbons (Fsp3) is 0.375. The van der Waals surface area contributed by atoms with E-state index in [0.717, 1.165) is 45.2 Å². The van der Waals surface area contributed by atoms with Gasteiger partial charge in [0.25, 0.3) is 20.0 Å². The maximum absolute atomic E-state index is 13.2. The topological polar surface area (TPSA) is 222 Å². The van der Waals surface area contributed by atoms with Crippen LogP contribution in [0.3, 0.4) is 0 Å². The Morgan fingerprint density at radius 2 is 0.903 bits per heavy atom. The van der Waals surface area contributed by atoms with Gasteiger partial charge in [-0.2, -0.15) is 17.2 Å². The SMILES string of the molecule is CN(C[C@H]1CN(S(=O)(=O)c2cccs2)CCN1c1ccc(C(C)(C)O)cc1)S(=O)(=O)c1cccnc1.CN(C[C@H]1CN(S(=O)(=O)c2cccs2)CCN1c1ccc(C(C)(C)O)cc1)S(=O)(=O)c1cccnc1. The average Bonchev–Trinajstić information content (AvgIpc) is 4.12. The minimum atomic E-state index is -3.82. The number of aromatic nitrogens is 2. The van der Waals surface area contributed by atoms with E-state index >= 15 is 0 Å². The highest BCUT2D eigenvalue weighted by atomic mass is 32.3. The van der Waals surface area contributed by atoms with E-state index in [0.29, 0.717) is 13.1 Å².